The summed E-state index contributed by atoms with van der Waals surface area (Å²) in [4.78, 5) is 3.66. The highest BCUT2D eigenvalue weighted by Gasteiger charge is 2.16. The summed E-state index contributed by atoms with van der Waals surface area (Å²) >= 11 is 5.71. The average molecular weight is 217 g/mol. The average Bonchev–Trinajstić information content (AvgIpc) is 2.11. The maximum Gasteiger partial charge on any atom is 0.280 e. The van der Waals surface area contributed by atoms with Gasteiger partial charge in [0.1, 0.15) is 5.69 Å². The normalized spacial score (nSPS) is 10.3. The molecule has 0 aliphatic carbocycles. The summed E-state index contributed by atoms with van der Waals surface area (Å²) in [6.45, 7) is 1.55. The highest BCUT2D eigenvalue weighted by atomic mass is 35.5. The Morgan fingerprint density at radius 2 is 2.29 bits per heavy atom. The van der Waals surface area contributed by atoms with Crippen LogP contribution >= 0.6 is 11.6 Å². The Labute approximate surface area is 85.1 Å². The molecule has 2 nitrogen and oxygen atoms in total. The highest BCUT2D eigenvalue weighted by molar-refractivity contribution is 6.31. The smallest absolute Gasteiger partial charge is 0.250 e. The number of nitriles is 1. The Hall–Kier alpha value is -1.21. The number of aromatic nitrogens is 1. The Morgan fingerprint density at radius 3 is 2.79 bits per heavy atom. The van der Waals surface area contributed by atoms with Crippen molar-refractivity contribution in [3.63, 3.8) is 0 Å². The molecule has 0 radical (unpaired) electrons. The van der Waals surface area contributed by atoms with E-state index >= 15 is 0 Å². The molecule has 0 saturated carbocycles. The van der Waals surface area contributed by atoms with Gasteiger partial charge in [-0.15, -0.1) is 0 Å². The molecule has 5 heteroatoms. The third kappa shape index (κ3) is 2.18. The minimum Gasteiger partial charge on any atom is -0.250 e. The second kappa shape index (κ2) is 4.34. The van der Waals surface area contributed by atoms with Crippen molar-refractivity contribution >= 4 is 11.6 Å². The summed E-state index contributed by atoms with van der Waals surface area (Å²) in [5.74, 6) is 0. The van der Waals surface area contributed by atoms with E-state index in [0.29, 0.717) is 10.7 Å². The van der Waals surface area contributed by atoms with E-state index in [4.69, 9.17) is 16.9 Å². The zero-order valence-corrected chi connectivity index (χ0v) is 8.15. The van der Waals surface area contributed by atoms with Gasteiger partial charge in [0.25, 0.3) is 6.43 Å². The molecule has 1 rings (SSSR count). The van der Waals surface area contributed by atoms with E-state index in [9.17, 15) is 8.78 Å². The van der Waals surface area contributed by atoms with Gasteiger partial charge < -0.3 is 0 Å². The molecule has 0 aliphatic rings. The third-order valence-electron chi connectivity index (χ3n) is 1.74. The Balaban J connectivity index is 3.25. The molecule has 0 spiro atoms. The van der Waals surface area contributed by atoms with Gasteiger partial charge in [-0.3, -0.25) is 4.98 Å². The first-order chi connectivity index (χ1) is 6.56. The fourth-order valence-corrected chi connectivity index (χ4v) is 1.23. The molecule has 0 atom stereocenters. The largest absolute Gasteiger partial charge is 0.280 e. The maximum absolute atomic E-state index is 12.4. The number of alkyl halides is 2. The van der Waals surface area contributed by atoms with Crippen molar-refractivity contribution in [1.82, 2.24) is 4.98 Å². The molecule has 0 aliphatic heterocycles. The number of rotatable bonds is 2. The van der Waals surface area contributed by atoms with Crippen LogP contribution < -0.4 is 0 Å². The number of hydrogen-bond acceptors (Lipinski definition) is 2. The predicted molar refractivity (Wildman–Crippen MR) is 48.3 cm³/mol. The van der Waals surface area contributed by atoms with Gasteiger partial charge in [0.15, 0.2) is 0 Å². The molecule has 0 aromatic carbocycles. The van der Waals surface area contributed by atoms with E-state index in [1.54, 1.807) is 13.0 Å². The molecule has 0 bridgehead atoms. The lowest BCUT2D eigenvalue weighted by molar-refractivity contribution is 0.145. The number of aryl methyl sites for hydroxylation is 1. The van der Waals surface area contributed by atoms with Crippen molar-refractivity contribution in [1.29, 1.82) is 5.26 Å². The van der Waals surface area contributed by atoms with E-state index in [1.165, 1.54) is 6.07 Å². The SMILES string of the molecule is Cc1nc(C(F)F)c(CC#N)cc1Cl. The van der Waals surface area contributed by atoms with E-state index in [1.807, 2.05) is 0 Å². The quantitative estimate of drug-likeness (QED) is 0.762. The van der Waals surface area contributed by atoms with E-state index in [2.05, 4.69) is 4.98 Å². The molecule has 14 heavy (non-hydrogen) atoms. The van der Waals surface area contributed by atoms with E-state index in [-0.39, 0.29) is 17.7 Å². The zero-order valence-electron chi connectivity index (χ0n) is 7.39. The summed E-state index contributed by atoms with van der Waals surface area (Å²) in [6.07, 6.45) is -2.78. The second-order valence-corrected chi connectivity index (χ2v) is 3.14. The third-order valence-corrected chi connectivity index (χ3v) is 2.12. The van der Waals surface area contributed by atoms with Crippen molar-refractivity contribution in [3.8, 4) is 6.07 Å². The number of halogens is 3. The van der Waals surface area contributed by atoms with Crippen LogP contribution in [0.2, 0.25) is 5.02 Å². The van der Waals surface area contributed by atoms with Crippen molar-refractivity contribution in [2.45, 2.75) is 19.8 Å². The van der Waals surface area contributed by atoms with Gasteiger partial charge in [0, 0.05) is 0 Å². The van der Waals surface area contributed by atoms with Crippen molar-refractivity contribution in [3.05, 3.63) is 28.0 Å². The van der Waals surface area contributed by atoms with Crippen molar-refractivity contribution in [2.24, 2.45) is 0 Å². The minimum absolute atomic E-state index is 0.104. The van der Waals surface area contributed by atoms with Crippen LogP contribution in [0.1, 0.15) is 23.4 Å². The van der Waals surface area contributed by atoms with Crippen LogP contribution in [0.4, 0.5) is 8.78 Å². The molecule has 1 aromatic heterocycles. The van der Waals surface area contributed by atoms with Gasteiger partial charge in [0.2, 0.25) is 0 Å². The van der Waals surface area contributed by atoms with E-state index in [0.717, 1.165) is 0 Å². The van der Waals surface area contributed by atoms with Crippen LogP contribution in [0, 0.1) is 18.3 Å². The van der Waals surface area contributed by atoms with Gasteiger partial charge in [-0.2, -0.15) is 5.26 Å². The van der Waals surface area contributed by atoms with Gasteiger partial charge in [-0.25, -0.2) is 8.78 Å². The van der Waals surface area contributed by atoms with Gasteiger partial charge in [0.05, 0.1) is 23.2 Å². The van der Waals surface area contributed by atoms with Gasteiger partial charge in [-0.1, -0.05) is 11.6 Å². The first-order valence-electron chi connectivity index (χ1n) is 3.87. The van der Waals surface area contributed by atoms with Gasteiger partial charge in [-0.05, 0) is 18.6 Å². The fraction of sp³-hybridized carbons (Fsp3) is 0.333. The first kappa shape index (κ1) is 10.9. The van der Waals surface area contributed by atoms with Crippen molar-refractivity contribution < 1.29 is 8.78 Å². The lowest BCUT2D eigenvalue weighted by Gasteiger charge is -2.07. The summed E-state index contributed by atoms with van der Waals surface area (Å²) in [6, 6.07) is 3.16. The zero-order chi connectivity index (χ0) is 10.7. The predicted octanol–water partition coefficient (Wildman–Crippen LogP) is 3.05. The molecule has 74 valence electrons. The summed E-state index contributed by atoms with van der Waals surface area (Å²) in [5, 5.41) is 8.73. The number of pyridine rings is 1. The Bertz CT molecular complexity index is 385. The number of nitrogens with zero attached hydrogens (tertiary/aromatic N) is 2. The molecule has 0 saturated heterocycles. The molecule has 0 N–H and O–H groups in total. The molecule has 0 fully saturated rings. The molecule has 0 amide bonds. The Morgan fingerprint density at radius 1 is 1.64 bits per heavy atom. The Kier molecular flexibility index (Phi) is 3.37. The molecule has 1 aromatic rings. The topological polar surface area (TPSA) is 36.7 Å². The maximum atomic E-state index is 12.4. The van der Waals surface area contributed by atoms with Crippen molar-refractivity contribution in [2.75, 3.05) is 0 Å². The van der Waals surface area contributed by atoms with E-state index < -0.39 is 6.43 Å². The lowest BCUT2D eigenvalue weighted by Crippen LogP contribution is -2.00. The van der Waals surface area contributed by atoms with Crippen LogP contribution in [-0.2, 0) is 6.42 Å². The molecular weight excluding hydrogens is 210 g/mol. The van der Waals surface area contributed by atoms with Gasteiger partial charge >= 0.3 is 0 Å². The van der Waals surface area contributed by atoms with Crippen LogP contribution in [0.3, 0.4) is 0 Å². The minimum atomic E-state index is -2.67. The highest BCUT2D eigenvalue weighted by Crippen LogP contribution is 2.25. The number of hydrogen-bond donors (Lipinski definition) is 0. The first-order valence-corrected chi connectivity index (χ1v) is 4.25. The van der Waals surface area contributed by atoms with Crippen LogP contribution in [0.15, 0.2) is 6.07 Å². The molecule has 1 heterocycles. The summed E-state index contributed by atoms with van der Waals surface area (Å²) in [5.41, 5.74) is 0.190. The van der Waals surface area contributed by atoms with Crippen LogP contribution in [0.25, 0.3) is 0 Å². The van der Waals surface area contributed by atoms with Crippen LogP contribution in [-0.4, -0.2) is 4.98 Å². The second-order valence-electron chi connectivity index (χ2n) is 2.74. The summed E-state index contributed by atoms with van der Waals surface area (Å²) in [7, 11) is 0. The molecular formula is C9H7ClF2N2. The fourth-order valence-electron chi connectivity index (χ4n) is 1.05. The van der Waals surface area contributed by atoms with Crippen LogP contribution in [0.5, 0.6) is 0 Å². The monoisotopic (exact) mass is 216 g/mol. The standard InChI is InChI=1S/C9H7ClF2N2/c1-5-7(10)4-6(2-3-13)8(14-5)9(11)12/h4,9H,2H2,1H3. The lowest BCUT2D eigenvalue weighted by atomic mass is 10.1. The molecule has 0 unspecified atom stereocenters. The summed E-state index contributed by atoms with van der Waals surface area (Å²) < 4.78 is 24.9.